The Labute approximate surface area is 136 Å². The van der Waals surface area contributed by atoms with E-state index < -0.39 is 0 Å². The summed E-state index contributed by atoms with van der Waals surface area (Å²) in [5.41, 5.74) is 0. The molecule has 0 aromatic heterocycles. The maximum absolute atomic E-state index is 8.01. The molecule has 9 heteroatoms. The van der Waals surface area contributed by atoms with E-state index in [0.29, 0.717) is 0 Å². The quantitative estimate of drug-likeness (QED) is 0.300. The van der Waals surface area contributed by atoms with E-state index >= 15 is 0 Å². The number of rotatable bonds is 0. The molecule has 86 valence electrons. The van der Waals surface area contributed by atoms with Gasteiger partial charge in [-0.3, -0.25) is 9.69 Å². The monoisotopic (exact) mass is 475 g/mol. The predicted molar refractivity (Wildman–Crippen MR) is 67.9 cm³/mol. The Morgan fingerprint density at radius 2 is 1.06 bits per heavy atom. The molecule has 4 nitrogen and oxygen atoms in total. The Bertz CT molecular complexity index is 394. The zero-order valence-electron chi connectivity index (χ0n) is 7.74. The van der Waals surface area contributed by atoms with Crippen molar-refractivity contribution in [1.29, 1.82) is 10.5 Å². The average Bonchev–Trinajstić information content (AvgIpc) is 2.35. The molecule has 0 saturated heterocycles. The van der Waals surface area contributed by atoms with E-state index in [2.05, 4.69) is 60.2 Å². The Balaban J connectivity index is -0.000000218. The number of allylic oxidation sites excluding steroid dienone is 2. The number of hydrogen-bond acceptors (Lipinski definition) is 6. The van der Waals surface area contributed by atoms with Gasteiger partial charge in [0.15, 0.2) is 0 Å². The van der Waals surface area contributed by atoms with Gasteiger partial charge < -0.3 is 50.5 Å². The fourth-order valence-electron chi connectivity index (χ4n) is 0.197. The molecule has 0 saturated carbocycles. The predicted octanol–water partition coefficient (Wildman–Crippen LogP) is 1.38. The van der Waals surface area contributed by atoms with Crippen molar-refractivity contribution in [1.82, 2.24) is 0 Å². The zero-order valence-corrected chi connectivity index (χ0v) is 13.3. The molecule has 0 spiro atoms. The molecule has 0 unspecified atom stereocenters. The molecule has 0 aliphatic rings. The minimum absolute atomic E-state index is 0. The molecular weight excluding hydrogens is 475 g/mol. The Morgan fingerprint density at radius 3 is 1.18 bits per heavy atom. The van der Waals surface area contributed by atoms with Crippen molar-refractivity contribution < 1.29 is 21.1 Å². The number of nitriles is 2. The Morgan fingerprint density at radius 1 is 0.824 bits per heavy atom. The molecule has 0 aromatic carbocycles. The molecule has 0 heterocycles. The Hall–Kier alpha value is -0.992. The maximum Gasteiger partial charge on any atom is 4.00 e. The first-order valence-corrected chi connectivity index (χ1v) is 4.79. The van der Waals surface area contributed by atoms with Crippen molar-refractivity contribution in [2.24, 2.45) is 0 Å². The summed E-state index contributed by atoms with van der Waals surface area (Å²) in [5.74, 6) is 0. The Kier molecular flexibility index (Phi) is 16.4. The van der Waals surface area contributed by atoms with Crippen LogP contribution in [0.3, 0.4) is 0 Å². The SMILES string of the molecule is N#C/C([S-])=C(/[S-])C#N.[C-]#[N+]/C([S-])=C(/[S-])[N+]#[C-].[Pt+4]. The molecule has 0 radical (unpaired) electrons. The number of nitrogens with zero attached hydrogens (tertiary/aromatic N) is 4. The smallest absolute Gasteiger partial charge is 0.826 e. The van der Waals surface area contributed by atoms with Crippen LogP contribution in [-0.2, 0) is 71.6 Å². The van der Waals surface area contributed by atoms with Crippen LogP contribution in [0.15, 0.2) is 19.9 Å². The normalized spacial score (nSPS) is 10.1. The van der Waals surface area contributed by atoms with Crippen LogP contribution in [0.5, 0.6) is 0 Å². The van der Waals surface area contributed by atoms with Crippen molar-refractivity contribution in [2.45, 2.75) is 0 Å². The second kappa shape index (κ2) is 13.1. The summed E-state index contributed by atoms with van der Waals surface area (Å²) in [6.07, 6.45) is 0. The van der Waals surface area contributed by atoms with Crippen LogP contribution in [0, 0.1) is 35.8 Å². The molecular formula is C8N4PtS4. The summed E-state index contributed by atoms with van der Waals surface area (Å²) in [6.45, 7) is 12.6. The van der Waals surface area contributed by atoms with Crippen LogP contribution in [0.4, 0.5) is 0 Å². The topological polar surface area (TPSA) is 56.3 Å². The zero-order chi connectivity index (χ0) is 13.1. The minimum atomic E-state index is -0.116. The van der Waals surface area contributed by atoms with Crippen LogP contribution in [0.25, 0.3) is 9.69 Å². The van der Waals surface area contributed by atoms with Gasteiger partial charge in [-0.1, -0.05) is 0 Å². The van der Waals surface area contributed by atoms with E-state index in [1.807, 2.05) is 0 Å². The van der Waals surface area contributed by atoms with Crippen LogP contribution >= 0.6 is 0 Å². The summed E-state index contributed by atoms with van der Waals surface area (Å²) >= 11 is 17.4. The third kappa shape index (κ3) is 11.3. The van der Waals surface area contributed by atoms with E-state index in [1.165, 1.54) is 0 Å². The summed E-state index contributed by atoms with van der Waals surface area (Å²) < 4.78 is 0. The van der Waals surface area contributed by atoms with Crippen molar-refractivity contribution in [2.75, 3.05) is 0 Å². The van der Waals surface area contributed by atoms with Crippen molar-refractivity contribution in [3.63, 3.8) is 0 Å². The molecule has 0 rings (SSSR count). The second-order valence-electron chi connectivity index (χ2n) is 1.72. The summed E-state index contributed by atoms with van der Waals surface area (Å²) in [4.78, 5) is 5.35. The number of hydrogen-bond donors (Lipinski definition) is 0. The van der Waals surface area contributed by atoms with Gasteiger partial charge in [-0.2, -0.15) is 10.5 Å². The van der Waals surface area contributed by atoms with E-state index in [0.717, 1.165) is 0 Å². The van der Waals surface area contributed by atoms with Crippen LogP contribution < -0.4 is 0 Å². The first kappa shape index (κ1) is 21.3. The van der Waals surface area contributed by atoms with Gasteiger partial charge >= 0.3 is 21.1 Å². The van der Waals surface area contributed by atoms with Gasteiger partial charge in [0.05, 0.1) is 25.3 Å². The maximum atomic E-state index is 8.01. The van der Waals surface area contributed by atoms with Crippen LogP contribution in [-0.4, -0.2) is 0 Å². The largest absolute Gasteiger partial charge is 4.00 e. The molecule has 0 fully saturated rings. The first-order chi connectivity index (χ1) is 7.44. The van der Waals surface area contributed by atoms with E-state index in [-0.39, 0.29) is 40.9 Å². The van der Waals surface area contributed by atoms with Crippen molar-refractivity contribution in [3.05, 3.63) is 42.7 Å². The summed E-state index contributed by atoms with van der Waals surface area (Å²) in [6, 6.07) is 3.17. The van der Waals surface area contributed by atoms with Gasteiger partial charge in [0.1, 0.15) is 0 Å². The third-order valence-electron chi connectivity index (χ3n) is 0.795. The third-order valence-corrected chi connectivity index (χ3v) is 2.21. The van der Waals surface area contributed by atoms with Crippen LogP contribution in [0.1, 0.15) is 0 Å². The first-order valence-electron chi connectivity index (χ1n) is 3.16. The fourth-order valence-corrected chi connectivity index (χ4v) is 0.380. The molecule has 0 bridgehead atoms. The molecule has 0 aliphatic heterocycles. The molecule has 0 atom stereocenters. The summed E-state index contributed by atoms with van der Waals surface area (Å²) in [5, 5.41) is 15.8. The molecule has 0 amide bonds. The van der Waals surface area contributed by atoms with Crippen LogP contribution in [0.2, 0.25) is 0 Å². The van der Waals surface area contributed by atoms with E-state index in [9.17, 15) is 0 Å². The van der Waals surface area contributed by atoms with Gasteiger partial charge in [-0.15, -0.1) is 9.81 Å². The van der Waals surface area contributed by atoms with Gasteiger partial charge in [-0.25, -0.2) is 0 Å². The van der Waals surface area contributed by atoms with Gasteiger partial charge in [0.25, 0.3) is 0 Å². The van der Waals surface area contributed by atoms with Gasteiger partial charge in [0.2, 0.25) is 0 Å². The van der Waals surface area contributed by atoms with Gasteiger partial charge in [-0.05, 0) is 0 Å². The molecule has 0 N–H and O–H groups in total. The van der Waals surface area contributed by atoms with E-state index in [1.54, 1.807) is 12.1 Å². The van der Waals surface area contributed by atoms with Crippen molar-refractivity contribution >= 4 is 50.5 Å². The standard InChI is InChI=1S/2C4H2N2S2.Pt/c1-5-3(7)4(8)6-2;5-1-3(7)4(8)2-6;/h2*7-8H;/q;;+4/p-4/b2*4-3-;. The molecule has 17 heavy (non-hydrogen) atoms. The molecule has 0 aliphatic carbocycles. The van der Waals surface area contributed by atoms with E-state index in [4.69, 9.17) is 23.7 Å². The fraction of sp³-hybridized carbons (Fsp3) is 0. The second-order valence-corrected chi connectivity index (χ2v) is 3.31. The minimum Gasteiger partial charge on any atom is -0.826 e. The van der Waals surface area contributed by atoms with Gasteiger partial charge in [0, 0.05) is 10.1 Å². The molecule has 0 aromatic rings. The summed E-state index contributed by atoms with van der Waals surface area (Å²) in [7, 11) is 0. The van der Waals surface area contributed by atoms with Crippen molar-refractivity contribution in [3.8, 4) is 12.1 Å². The average molecular weight is 475 g/mol.